The summed E-state index contributed by atoms with van der Waals surface area (Å²) >= 11 is 0. The van der Waals surface area contributed by atoms with Crippen LogP contribution in [0.2, 0.25) is 0 Å². The van der Waals surface area contributed by atoms with Crippen LogP contribution < -0.4 is 5.32 Å². The average molecular weight is 379 g/mol. The Bertz CT molecular complexity index is 690. The van der Waals surface area contributed by atoms with Crippen molar-refractivity contribution in [2.24, 2.45) is 10.9 Å². The molecule has 3 atom stereocenters. The molecule has 2 fully saturated rings. The zero-order chi connectivity index (χ0) is 19.4. The maximum atomic E-state index is 14.0. The molecule has 3 rings (SSSR count). The number of halogens is 2. The lowest BCUT2D eigenvalue weighted by Gasteiger charge is -2.34. The Morgan fingerprint density at radius 2 is 2.07 bits per heavy atom. The first-order chi connectivity index (χ1) is 13.0. The molecule has 1 aliphatic heterocycles. The van der Waals surface area contributed by atoms with E-state index in [-0.39, 0.29) is 29.4 Å². The maximum Gasteiger partial charge on any atom is 0.310 e. The molecule has 7 heteroatoms. The highest BCUT2D eigenvalue weighted by molar-refractivity contribution is 5.82. The number of hydrogen-bond donors (Lipinski definition) is 1. The van der Waals surface area contributed by atoms with Crippen LogP contribution in [0.25, 0.3) is 0 Å². The van der Waals surface area contributed by atoms with Gasteiger partial charge in [0.15, 0.2) is 5.96 Å². The number of nitrogens with one attached hydrogen (secondary N) is 1. The highest BCUT2D eigenvalue weighted by Crippen LogP contribution is 2.43. The van der Waals surface area contributed by atoms with Crippen LogP contribution >= 0.6 is 0 Å². The van der Waals surface area contributed by atoms with Gasteiger partial charge in [0, 0.05) is 37.2 Å². The van der Waals surface area contributed by atoms with E-state index < -0.39 is 11.6 Å². The van der Waals surface area contributed by atoms with Crippen molar-refractivity contribution in [3.63, 3.8) is 0 Å². The Morgan fingerprint density at radius 1 is 1.33 bits per heavy atom. The number of piperidine rings is 1. The minimum absolute atomic E-state index is 0.0512. The van der Waals surface area contributed by atoms with Gasteiger partial charge in [-0.2, -0.15) is 0 Å². The van der Waals surface area contributed by atoms with Crippen molar-refractivity contribution in [2.75, 3.05) is 26.2 Å². The van der Waals surface area contributed by atoms with Gasteiger partial charge in [-0.25, -0.2) is 8.78 Å². The summed E-state index contributed by atoms with van der Waals surface area (Å²) < 4.78 is 33.2. The van der Waals surface area contributed by atoms with E-state index >= 15 is 0 Å². The lowest BCUT2D eigenvalue weighted by atomic mass is 9.98. The number of hydrogen-bond acceptors (Lipinski definition) is 3. The van der Waals surface area contributed by atoms with E-state index in [1.807, 2.05) is 6.92 Å². The molecule has 1 aliphatic carbocycles. The van der Waals surface area contributed by atoms with Crippen molar-refractivity contribution in [2.45, 2.75) is 45.1 Å². The predicted molar refractivity (Wildman–Crippen MR) is 99.5 cm³/mol. The number of ether oxygens (including phenoxy) is 1. The highest BCUT2D eigenvalue weighted by atomic mass is 19.1. The van der Waals surface area contributed by atoms with E-state index in [4.69, 9.17) is 4.74 Å². The molecule has 5 nitrogen and oxygen atoms in total. The number of carbonyl (C=O) groups is 1. The molecule has 3 unspecified atom stereocenters. The number of rotatable bonds is 5. The number of likely N-dealkylation sites (tertiary alicyclic amines) is 1. The summed E-state index contributed by atoms with van der Waals surface area (Å²) in [5.74, 6) is -0.829. The van der Waals surface area contributed by atoms with Gasteiger partial charge in [-0.15, -0.1) is 0 Å². The third-order valence-corrected chi connectivity index (χ3v) is 5.12. The molecule has 148 valence electrons. The molecular weight excluding hydrogens is 352 g/mol. The first-order valence-corrected chi connectivity index (χ1v) is 9.71. The molecule has 1 aromatic carbocycles. The Kier molecular flexibility index (Phi) is 6.29. The molecule has 0 aromatic heterocycles. The van der Waals surface area contributed by atoms with Gasteiger partial charge in [-0.05, 0) is 45.2 Å². The summed E-state index contributed by atoms with van der Waals surface area (Å²) in [5.41, 5.74) is 0.147. The number of nitrogens with zero attached hydrogens (tertiary/aromatic N) is 2. The van der Waals surface area contributed by atoms with Crippen molar-refractivity contribution in [3.8, 4) is 0 Å². The van der Waals surface area contributed by atoms with Crippen LogP contribution in [0, 0.1) is 17.6 Å². The maximum absolute atomic E-state index is 14.0. The van der Waals surface area contributed by atoms with Crippen molar-refractivity contribution in [1.82, 2.24) is 10.2 Å². The van der Waals surface area contributed by atoms with Gasteiger partial charge in [0.1, 0.15) is 11.6 Å². The van der Waals surface area contributed by atoms with Crippen LogP contribution in [-0.4, -0.2) is 49.1 Å². The molecule has 1 saturated carbocycles. The Hall–Kier alpha value is -2.18. The van der Waals surface area contributed by atoms with Crippen LogP contribution in [0.4, 0.5) is 8.78 Å². The molecule has 1 saturated heterocycles. The molecule has 27 heavy (non-hydrogen) atoms. The van der Waals surface area contributed by atoms with Crippen molar-refractivity contribution in [3.05, 3.63) is 35.4 Å². The van der Waals surface area contributed by atoms with E-state index in [1.54, 1.807) is 6.92 Å². The fraction of sp³-hybridized carbons (Fsp3) is 0.600. The molecule has 1 heterocycles. The van der Waals surface area contributed by atoms with Gasteiger partial charge in [-0.1, -0.05) is 6.07 Å². The Balaban J connectivity index is 1.65. The van der Waals surface area contributed by atoms with E-state index in [0.29, 0.717) is 32.1 Å². The van der Waals surface area contributed by atoms with Crippen LogP contribution in [0.1, 0.15) is 44.6 Å². The van der Waals surface area contributed by atoms with Crippen LogP contribution in [-0.2, 0) is 9.53 Å². The second-order valence-corrected chi connectivity index (χ2v) is 7.06. The fourth-order valence-electron chi connectivity index (χ4n) is 3.71. The lowest BCUT2D eigenvalue weighted by Crippen LogP contribution is -2.49. The third kappa shape index (κ3) is 4.57. The standard InChI is InChI=1S/C20H27F2N3O2/c1-3-23-20(25-10-6-7-13(12-25)19(26)27-4-2)24-17-11-14(17)18-15(21)8-5-9-16(18)22/h5,8-9,13-14,17H,3-4,6-7,10-12H2,1-2H3,(H,23,24). The summed E-state index contributed by atoms with van der Waals surface area (Å²) in [5, 5.41) is 3.35. The number of benzene rings is 1. The minimum Gasteiger partial charge on any atom is -0.466 e. The molecule has 0 radical (unpaired) electrons. The summed E-state index contributed by atoms with van der Waals surface area (Å²) in [6.07, 6.45) is 2.35. The van der Waals surface area contributed by atoms with Gasteiger partial charge in [0.25, 0.3) is 0 Å². The van der Waals surface area contributed by atoms with Crippen LogP contribution in [0.15, 0.2) is 23.2 Å². The third-order valence-electron chi connectivity index (χ3n) is 5.12. The molecule has 0 bridgehead atoms. The Morgan fingerprint density at radius 3 is 2.74 bits per heavy atom. The topological polar surface area (TPSA) is 53.9 Å². The predicted octanol–water partition coefficient (Wildman–Crippen LogP) is 3.06. The first-order valence-electron chi connectivity index (χ1n) is 9.71. The van der Waals surface area contributed by atoms with Crippen molar-refractivity contribution < 1.29 is 18.3 Å². The second kappa shape index (κ2) is 8.67. The monoisotopic (exact) mass is 379 g/mol. The minimum atomic E-state index is -0.501. The van der Waals surface area contributed by atoms with Gasteiger partial charge >= 0.3 is 5.97 Å². The van der Waals surface area contributed by atoms with Gasteiger partial charge in [0.2, 0.25) is 0 Å². The summed E-state index contributed by atoms with van der Waals surface area (Å²) in [4.78, 5) is 18.7. The normalized spacial score (nSPS) is 25.3. The van der Waals surface area contributed by atoms with E-state index in [1.165, 1.54) is 18.2 Å². The van der Waals surface area contributed by atoms with Gasteiger partial charge in [0.05, 0.1) is 12.5 Å². The number of aliphatic imine (C=N–C) groups is 1. The Labute approximate surface area is 158 Å². The molecule has 0 amide bonds. The lowest BCUT2D eigenvalue weighted by molar-refractivity contribution is -0.149. The van der Waals surface area contributed by atoms with Crippen molar-refractivity contribution >= 4 is 11.9 Å². The molecule has 1 aromatic rings. The van der Waals surface area contributed by atoms with E-state index in [0.717, 1.165) is 19.4 Å². The fourth-order valence-corrected chi connectivity index (χ4v) is 3.71. The second-order valence-electron chi connectivity index (χ2n) is 7.06. The zero-order valence-corrected chi connectivity index (χ0v) is 15.9. The van der Waals surface area contributed by atoms with Gasteiger partial charge < -0.3 is 15.0 Å². The summed E-state index contributed by atoms with van der Waals surface area (Å²) in [6, 6.07) is 3.92. The van der Waals surface area contributed by atoms with Crippen LogP contribution in [0.3, 0.4) is 0 Å². The summed E-state index contributed by atoms with van der Waals surface area (Å²) in [6.45, 7) is 6.06. The smallest absolute Gasteiger partial charge is 0.310 e. The molecular formula is C20H27F2N3O2. The average Bonchev–Trinajstić information content (AvgIpc) is 3.40. The SMILES string of the molecule is CCN=C(NC1CC1c1c(F)cccc1F)N1CCCC(C(=O)OCC)C1. The number of carbonyl (C=O) groups excluding carboxylic acids is 1. The number of guanidine groups is 1. The molecule has 0 spiro atoms. The van der Waals surface area contributed by atoms with E-state index in [9.17, 15) is 13.6 Å². The zero-order valence-electron chi connectivity index (χ0n) is 15.9. The van der Waals surface area contributed by atoms with Crippen LogP contribution in [0.5, 0.6) is 0 Å². The quantitative estimate of drug-likeness (QED) is 0.485. The number of esters is 1. The molecule has 1 N–H and O–H groups in total. The van der Waals surface area contributed by atoms with E-state index in [2.05, 4.69) is 15.2 Å². The highest BCUT2D eigenvalue weighted by Gasteiger charge is 2.43. The van der Waals surface area contributed by atoms with Crippen molar-refractivity contribution in [1.29, 1.82) is 0 Å². The van der Waals surface area contributed by atoms with Gasteiger partial charge in [-0.3, -0.25) is 9.79 Å². The summed E-state index contributed by atoms with van der Waals surface area (Å²) in [7, 11) is 0. The first kappa shape index (κ1) is 19.6. The largest absolute Gasteiger partial charge is 0.466 e. The molecule has 2 aliphatic rings.